The number of carbonyl (C=O) groups is 1. The second-order valence-corrected chi connectivity index (χ2v) is 8.51. The first kappa shape index (κ1) is 23.1. The topological polar surface area (TPSA) is 128 Å². The van der Waals surface area contributed by atoms with Crippen molar-refractivity contribution in [1.29, 1.82) is 5.26 Å². The monoisotopic (exact) mass is 482 g/mol. The Morgan fingerprint density at radius 1 is 1.11 bits per heavy atom. The first-order valence-corrected chi connectivity index (χ1v) is 11.8. The molecule has 1 amide bonds. The Bertz CT molecular complexity index is 1280. The minimum absolute atomic E-state index is 0.0233. The lowest BCUT2D eigenvalue weighted by atomic mass is 9.96. The number of carbonyl (C=O) groups excluding carboxylic acids is 1. The molecule has 2 aliphatic rings. The van der Waals surface area contributed by atoms with Gasteiger partial charge in [-0.25, -0.2) is 9.97 Å². The van der Waals surface area contributed by atoms with Crippen molar-refractivity contribution < 1.29 is 9.53 Å². The van der Waals surface area contributed by atoms with Crippen LogP contribution in [0.2, 0.25) is 0 Å². The highest BCUT2D eigenvalue weighted by molar-refractivity contribution is 5.94. The number of anilines is 3. The van der Waals surface area contributed by atoms with Gasteiger partial charge < -0.3 is 20.3 Å². The second-order valence-electron chi connectivity index (χ2n) is 8.51. The van der Waals surface area contributed by atoms with Crippen LogP contribution in [0.1, 0.15) is 23.2 Å². The fourth-order valence-corrected chi connectivity index (χ4v) is 4.32. The number of nitriles is 1. The molecule has 0 bridgehead atoms. The van der Waals surface area contributed by atoms with E-state index < -0.39 is 0 Å². The number of benzene rings is 2. The molecule has 0 spiro atoms. The SMILES string of the molecule is N#CCNC(=O)c1ccc(-c2ccnc(Nc3ccc(N4CCC(C5=NNCO5)CC4)cc3)n2)cc1. The predicted molar refractivity (Wildman–Crippen MR) is 137 cm³/mol. The summed E-state index contributed by atoms with van der Waals surface area (Å²) in [5, 5.41) is 18.6. The Morgan fingerprint density at radius 2 is 1.89 bits per heavy atom. The van der Waals surface area contributed by atoms with E-state index in [4.69, 9.17) is 10.00 Å². The number of hydrogen-bond donors (Lipinski definition) is 3. The number of nitrogens with one attached hydrogen (secondary N) is 3. The Kier molecular flexibility index (Phi) is 6.89. The Morgan fingerprint density at radius 3 is 2.58 bits per heavy atom. The van der Waals surface area contributed by atoms with Crippen LogP contribution in [0.15, 0.2) is 65.9 Å². The number of rotatable bonds is 7. The molecule has 3 heterocycles. The molecule has 36 heavy (non-hydrogen) atoms. The van der Waals surface area contributed by atoms with Crippen LogP contribution in [0.5, 0.6) is 0 Å². The zero-order valence-electron chi connectivity index (χ0n) is 19.6. The van der Waals surface area contributed by atoms with Gasteiger partial charge in [-0.15, -0.1) is 5.10 Å². The van der Waals surface area contributed by atoms with Gasteiger partial charge in [0.2, 0.25) is 11.8 Å². The summed E-state index contributed by atoms with van der Waals surface area (Å²) in [5.41, 5.74) is 7.04. The Balaban J connectivity index is 1.19. The molecular weight excluding hydrogens is 456 g/mol. The standard InChI is InChI=1S/C26H26N8O2/c27-12-14-28-24(35)19-3-1-18(2-4-19)23-9-13-29-26(32-23)31-21-5-7-22(8-6-21)34-15-10-20(11-16-34)25-33-30-17-36-25/h1-9,13,20,30H,10-11,14-17H2,(H,28,35)(H,29,31,32). The molecule has 10 nitrogen and oxygen atoms in total. The van der Waals surface area contributed by atoms with Crippen LogP contribution < -0.4 is 21.0 Å². The molecule has 3 aromatic rings. The van der Waals surface area contributed by atoms with Gasteiger partial charge in [-0.05, 0) is 55.3 Å². The molecule has 0 atom stereocenters. The van der Waals surface area contributed by atoms with Crippen LogP contribution >= 0.6 is 0 Å². The maximum atomic E-state index is 12.0. The second kappa shape index (κ2) is 10.7. The highest BCUT2D eigenvalue weighted by Crippen LogP contribution is 2.27. The van der Waals surface area contributed by atoms with E-state index in [1.165, 1.54) is 5.69 Å². The third kappa shape index (κ3) is 5.36. The van der Waals surface area contributed by atoms with E-state index in [-0.39, 0.29) is 12.5 Å². The summed E-state index contributed by atoms with van der Waals surface area (Å²) in [7, 11) is 0. The normalized spacial score (nSPS) is 15.3. The molecule has 1 fully saturated rings. The van der Waals surface area contributed by atoms with E-state index >= 15 is 0 Å². The molecule has 0 saturated carbocycles. The van der Waals surface area contributed by atoms with Gasteiger partial charge >= 0.3 is 0 Å². The van der Waals surface area contributed by atoms with Crippen LogP contribution in [-0.2, 0) is 4.74 Å². The van der Waals surface area contributed by atoms with Gasteiger partial charge in [0.1, 0.15) is 6.54 Å². The van der Waals surface area contributed by atoms with Gasteiger partial charge in [0.15, 0.2) is 6.73 Å². The average Bonchev–Trinajstić information content (AvgIpc) is 3.48. The fourth-order valence-electron chi connectivity index (χ4n) is 4.32. The van der Waals surface area contributed by atoms with Gasteiger partial charge in [-0.3, -0.25) is 10.2 Å². The Hall–Kier alpha value is -4.65. The first-order valence-electron chi connectivity index (χ1n) is 11.8. The van der Waals surface area contributed by atoms with Crippen LogP contribution in [0.25, 0.3) is 11.3 Å². The van der Waals surface area contributed by atoms with Crippen molar-refractivity contribution in [2.75, 3.05) is 36.6 Å². The van der Waals surface area contributed by atoms with Gasteiger partial charge in [0, 0.05) is 47.7 Å². The van der Waals surface area contributed by atoms with Crippen LogP contribution in [0.3, 0.4) is 0 Å². The lowest BCUT2D eigenvalue weighted by molar-refractivity contribution is 0.0958. The minimum atomic E-state index is -0.282. The molecule has 5 rings (SSSR count). The van der Waals surface area contributed by atoms with Crippen molar-refractivity contribution >= 4 is 29.1 Å². The van der Waals surface area contributed by atoms with E-state index in [9.17, 15) is 4.79 Å². The zero-order chi connectivity index (χ0) is 24.7. The van der Waals surface area contributed by atoms with Gasteiger partial charge in [-0.2, -0.15) is 5.26 Å². The van der Waals surface area contributed by atoms with E-state index in [1.807, 2.05) is 36.4 Å². The maximum absolute atomic E-state index is 12.0. The largest absolute Gasteiger partial charge is 0.457 e. The lowest BCUT2D eigenvalue weighted by Gasteiger charge is -2.33. The van der Waals surface area contributed by atoms with Crippen molar-refractivity contribution in [3.8, 4) is 17.3 Å². The van der Waals surface area contributed by atoms with Crippen LogP contribution in [0, 0.1) is 17.2 Å². The van der Waals surface area contributed by atoms with Gasteiger partial charge in [0.05, 0.1) is 11.8 Å². The Labute approximate surface area is 209 Å². The molecule has 2 aromatic carbocycles. The number of nitrogens with zero attached hydrogens (tertiary/aromatic N) is 5. The summed E-state index contributed by atoms with van der Waals surface area (Å²) >= 11 is 0. The number of amides is 1. The molecule has 10 heteroatoms. The zero-order valence-corrected chi connectivity index (χ0v) is 19.6. The van der Waals surface area contributed by atoms with Crippen LogP contribution in [0.4, 0.5) is 17.3 Å². The van der Waals surface area contributed by atoms with E-state index in [1.54, 1.807) is 18.3 Å². The number of hydrazone groups is 1. The van der Waals surface area contributed by atoms with Crippen molar-refractivity contribution in [2.45, 2.75) is 12.8 Å². The number of aromatic nitrogens is 2. The van der Waals surface area contributed by atoms with Gasteiger partial charge in [-0.1, -0.05) is 12.1 Å². The molecule has 1 saturated heterocycles. The summed E-state index contributed by atoms with van der Waals surface area (Å²) in [6.07, 6.45) is 3.74. The lowest BCUT2D eigenvalue weighted by Crippen LogP contribution is -2.36. The number of hydrogen-bond acceptors (Lipinski definition) is 9. The molecular formula is C26H26N8O2. The summed E-state index contributed by atoms with van der Waals surface area (Å²) < 4.78 is 5.54. The molecule has 0 aliphatic carbocycles. The minimum Gasteiger partial charge on any atom is -0.457 e. The molecule has 2 aliphatic heterocycles. The summed E-state index contributed by atoms with van der Waals surface area (Å²) in [5.74, 6) is 1.44. The van der Waals surface area contributed by atoms with Crippen molar-refractivity contribution in [1.82, 2.24) is 20.7 Å². The predicted octanol–water partition coefficient (Wildman–Crippen LogP) is 3.25. The third-order valence-electron chi connectivity index (χ3n) is 6.23. The maximum Gasteiger partial charge on any atom is 0.252 e. The first-order chi connectivity index (χ1) is 17.7. The summed E-state index contributed by atoms with van der Waals surface area (Å²) in [6, 6.07) is 19.1. The van der Waals surface area contributed by atoms with E-state index in [0.717, 1.165) is 48.8 Å². The smallest absolute Gasteiger partial charge is 0.252 e. The summed E-state index contributed by atoms with van der Waals surface area (Å²) in [6.45, 7) is 2.38. The highest BCUT2D eigenvalue weighted by atomic mass is 16.5. The fraction of sp³-hybridized carbons (Fsp3) is 0.269. The van der Waals surface area contributed by atoms with Gasteiger partial charge in [0.25, 0.3) is 5.91 Å². The van der Waals surface area contributed by atoms with Crippen molar-refractivity contribution in [3.63, 3.8) is 0 Å². The van der Waals surface area contributed by atoms with E-state index in [2.05, 4.69) is 48.2 Å². The van der Waals surface area contributed by atoms with Crippen molar-refractivity contribution in [3.05, 3.63) is 66.4 Å². The third-order valence-corrected chi connectivity index (χ3v) is 6.23. The highest BCUT2D eigenvalue weighted by Gasteiger charge is 2.26. The van der Waals surface area contributed by atoms with Crippen molar-refractivity contribution in [2.24, 2.45) is 11.0 Å². The van der Waals surface area contributed by atoms with E-state index in [0.29, 0.717) is 24.2 Å². The number of ether oxygens (including phenoxy) is 1. The summed E-state index contributed by atoms with van der Waals surface area (Å²) in [4.78, 5) is 23.3. The quantitative estimate of drug-likeness (QED) is 0.438. The molecule has 3 N–H and O–H groups in total. The van der Waals surface area contributed by atoms with Crippen LogP contribution in [-0.4, -0.2) is 48.1 Å². The molecule has 0 unspecified atom stereocenters. The molecule has 0 radical (unpaired) electrons. The molecule has 182 valence electrons. The molecule has 1 aromatic heterocycles. The number of piperidine rings is 1. The average molecular weight is 483 g/mol.